The molecule has 6 aliphatic rings. The molecule has 6 heterocycles. The van der Waals surface area contributed by atoms with Crippen molar-refractivity contribution in [1.29, 1.82) is 5.26 Å². The second-order valence-electron chi connectivity index (χ2n) is 16.0. The van der Waals surface area contributed by atoms with E-state index in [9.17, 15) is 29.2 Å². The lowest BCUT2D eigenvalue weighted by Gasteiger charge is -2.44. The Hall–Kier alpha value is -5.45. The van der Waals surface area contributed by atoms with Crippen molar-refractivity contribution in [3.05, 3.63) is 87.9 Å². The van der Waals surface area contributed by atoms with Gasteiger partial charge in [0.2, 0.25) is 11.8 Å². The number of nitriles is 1. The first-order valence-electron chi connectivity index (χ1n) is 20.0. The summed E-state index contributed by atoms with van der Waals surface area (Å²) in [6, 6.07) is 20.4. The van der Waals surface area contributed by atoms with Crippen LogP contribution in [0.4, 0.5) is 11.4 Å². The topological polar surface area (TPSA) is 147 Å². The number of carbonyl (C=O) groups excluding carboxylic acids is 5. The van der Waals surface area contributed by atoms with Crippen molar-refractivity contribution in [3.63, 3.8) is 0 Å². The molecule has 3 aromatic carbocycles. The lowest BCUT2D eigenvalue weighted by molar-refractivity contribution is -0.136. The average Bonchev–Trinajstić information content (AvgIpc) is 3.64. The first-order valence-corrected chi connectivity index (χ1v) is 20.4. The number of hydrogen-bond donors (Lipinski definition) is 1. The zero-order valence-corrected chi connectivity index (χ0v) is 32.3. The van der Waals surface area contributed by atoms with Gasteiger partial charge < -0.3 is 19.4 Å². The normalized spacial score (nSPS) is 25.4. The van der Waals surface area contributed by atoms with E-state index in [-0.39, 0.29) is 36.9 Å². The van der Waals surface area contributed by atoms with Crippen molar-refractivity contribution in [1.82, 2.24) is 20.0 Å². The zero-order valence-electron chi connectivity index (χ0n) is 31.6. The van der Waals surface area contributed by atoms with Gasteiger partial charge in [0.1, 0.15) is 24.0 Å². The number of rotatable bonds is 7. The van der Waals surface area contributed by atoms with Gasteiger partial charge in [0.05, 0.1) is 21.7 Å². The monoisotopic (exact) mass is 789 g/mol. The molecule has 6 aliphatic heterocycles. The van der Waals surface area contributed by atoms with Crippen LogP contribution in [-0.4, -0.2) is 114 Å². The molecule has 14 heteroatoms. The Kier molecular flexibility index (Phi) is 9.86. The first kappa shape index (κ1) is 37.1. The van der Waals surface area contributed by atoms with Gasteiger partial charge in [-0.1, -0.05) is 11.6 Å². The number of nitrogens with zero attached hydrogens (tertiary/aromatic N) is 6. The molecule has 9 rings (SSSR count). The van der Waals surface area contributed by atoms with Gasteiger partial charge >= 0.3 is 0 Å². The number of benzene rings is 3. The molecule has 0 radical (unpaired) electrons. The van der Waals surface area contributed by atoms with Gasteiger partial charge in [-0.3, -0.25) is 39.1 Å². The van der Waals surface area contributed by atoms with Crippen LogP contribution < -0.4 is 19.9 Å². The molecule has 294 valence electrons. The van der Waals surface area contributed by atoms with E-state index < -0.39 is 29.7 Å². The highest BCUT2D eigenvalue weighted by Crippen LogP contribution is 2.39. The Morgan fingerprint density at radius 1 is 0.737 bits per heavy atom. The number of amides is 5. The van der Waals surface area contributed by atoms with E-state index in [1.165, 1.54) is 0 Å². The number of hydrogen-bond acceptors (Lipinski definition) is 10. The third-order valence-corrected chi connectivity index (χ3v) is 13.2. The number of ether oxygens (including phenoxy) is 1. The Balaban J connectivity index is 0.750. The molecular weight excluding hydrogens is 746 g/mol. The van der Waals surface area contributed by atoms with Gasteiger partial charge in [0, 0.05) is 99.7 Å². The van der Waals surface area contributed by atoms with Gasteiger partial charge in [0.25, 0.3) is 17.7 Å². The van der Waals surface area contributed by atoms with E-state index in [1.54, 1.807) is 30.3 Å². The molecule has 5 fully saturated rings. The Labute approximate surface area is 336 Å². The van der Waals surface area contributed by atoms with Gasteiger partial charge in [-0.2, -0.15) is 5.26 Å². The van der Waals surface area contributed by atoms with E-state index in [0.29, 0.717) is 39.1 Å². The largest absolute Gasteiger partial charge is 0.490 e. The van der Waals surface area contributed by atoms with E-state index in [2.05, 4.69) is 43.1 Å². The Bertz CT molecular complexity index is 2160. The van der Waals surface area contributed by atoms with Crippen LogP contribution in [0.3, 0.4) is 0 Å². The second-order valence-corrected chi connectivity index (χ2v) is 16.4. The highest BCUT2D eigenvalue weighted by molar-refractivity contribution is 6.31. The highest BCUT2D eigenvalue weighted by atomic mass is 35.5. The number of halogens is 1. The summed E-state index contributed by atoms with van der Waals surface area (Å²) < 4.78 is 6.27. The minimum absolute atomic E-state index is 0.00417. The third-order valence-electron chi connectivity index (χ3n) is 12.9. The standard InChI is InChI=1S/C43H44ClN7O6/c44-37-24-33(9-3-27(37)25-45)57-34-21-31-6-7-32(22-34)50(31)41(54)26-1-4-28(5-2-26)48-17-19-49(20-18-48)29-13-15-47(16-14-29)30-8-10-35-36(23-30)43(56)51(42(35)55)38-11-12-39(52)46-40(38)53/h1-5,8-10,23-24,29,31-32,34,38H,6-7,11-22H2,(H,46,52,53)/t31-,32+,34?,38?. The van der Waals surface area contributed by atoms with Crippen molar-refractivity contribution < 1.29 is 28.7 Å². The molecule has 5 saturated heterocycles. The summed E-state index contributed by atoms with van der Waals surface area (Å²) in [6.07, 6.45) is 5.67. The fourth-order valence-corrected chi connectivity index (χ4v) is 10.1. The number of anilines is 2. The SMILES string of the molecule is N#Cc1ccc(OC2C[C@H]3CC[C@@H](C2)N3C(=O)c2ccc(N3CCN(C4CCN(c5ccc6c(c5)C(=O)N(C5CCC(=O)NC5=O)C6=O)CC4)CC3)cc2)cc1Cl. The molecular formula is C43H44ClN7O6. The van der Waals surface area contributed by atoms with Crippen molar-refractivity contribution in [2.45, 2.75) is 81.6 Å². The fraction of sp³-hybridized carbons (Fsp3) is 0.442. The predicted molar refractivity (Wildman–Crippen MR) is 211 cm³/mol. The molecule has 0 aliphatic carbocycles. The zero-order chi connectivity index (χ0) is 39.4. The number of nitrogens with one attached hydrogen (secondary N) is 1. The number of fused-ring (bicyclic) bond motifs is 3. The summed E-state index contributed by atoms with van der Waals surface area (Å²) in [4.78, 5) is 74.7. The van der Waals surface area contributed by atoms with Crippen molar-refractivity contribution in [3.8, 4) is 11.8 Å². The van der Waals surface area contributed by atoms with Crippen molar-refractivity contribution >= 4 is 52.5 Å². The maximum absolute atomic E-state index is 13.8. The van der Waals surface area contributed by atoms with Gasteiger partial charge in [-0.25, -0.2) is 0 Å². The third kappa shape index (κ3) is 6.99. The quantitative estimate of drug-likeness (QED) is 0.337. The van der Waals surface area contributed by atoms with Crippen LogP contribution in [0.15, 0.2) is 60.7 Å². The second kappa shape index (κ2) is 15.1. The number of piperazine rings is 1. The number of piperidine rings is 3. The van der Waals surface area contributed by atoms with E-state index in [0.717, 1.165) is 94.1 Å². The summed E-state index contributed by atoms with van der Waals surface area (Å²) >= 11 is 6.22. The lowest BCUT2D eigenvalue weighted by atomic mass is 9.98. The van der Waals surface area contributed by atoms with Crippen LogP contribution in [0.2, 0.25) is 5.02 Å². The van der Waals surface area contributed by atoms with Crippen LogP contribution >= 0.6 is 11.6 Å². The van der Waals surface area contributed by atoms with Crippen LogP contribution in [0.25, 0.3) is 0 Å². The molecule has 5 amide bonds. The average molecular weight is 790 g/mol. The van der Waals surface area contributed by atoms with E-state index in [1.807, 2.05) is 18.2 Å². The molecule has 1 N–H and O–H groups in total. The van der Waals surface area contributed by atoms with E-state index >= 15 is 0 Å². The molecule has 0 spiro atoms. The van der Waals surface area contributed by atoms with Gasteiger partial charge in [0.15, 0.2) is 0 Å². The minimum atomic E-state index is -0.974. The molecule has 57 heavy (non-hydrogen) atoms. The molecule has 4 atom stereocenters. The minimum Gasteiger partial charge on any atom is -0.490 e. The van der Waals surface area contributed by atoms with Crippen molar-refractivity contribution in [2.75, 3.05) is 49.1 Å². The van der Waals surface area contributed by atoms with E-state index in [4.69, 9.17) is 16.3 Å². The predicted octanol–water partition coefficient (Wildman–Crippen LogP) is 4.62. The molecule has 3 aromatic rings. The lowest BCUT2D eigenvalue weighted by Crippen LogP contribution is -2.54. The number of imide groups is 2. The van der Waals surface area contributed by atoms with Gasteiger partial charge in [-0.05, 0) is 86.7 Å². The summed E-state index contributed by atoms with van der Waals surface area (Å²) in [5.41, 5.74) is 3.75. The van der Waals surface area contributed by atoms with Crippen LogP contribution in [0, 0.1) is 11.3 Å². The Morgan fingerprint density at radius 2 is 1.40 bits per heavy atom. The summed E-state index contributed by atoms with van der Waals surface area (Å²) in [6.45, 7) is 5.37. The molecule has 0 aromatic heterocycles. The first-order chi connectivity index (χ1) is 27.6. The van der Waals surface area contributed by atoms with Crippen LogP contribution in [0.1, 0.15) is 88.0 Å². The summed E-state index contributed by atoms with van der Waals surface area (Å²) in [5, 5.41) is 11.8. The van der Waals surface area contributed by atoms with Crippen molar-refractivity contribution in [2.24, 2.45) is 0 Å². The molecule has 2 unspecified atom stereocenters. The van der Waals surface area contributed by atoms with Crippen LogP contribution in [-0.2, 0) is 9.59 Å². The molecule has 13 nitrogen and oxygen atoms in total. The van der Waals surface area contributed by atoms with Gasteiger partial charge in [-0.15, -0.1) is 0 Å². The number of carbonyl (C=O) groups is 5. The highest BCUT2D eigenvalue weighted by Gasteiger charge is 2.46. The summed E-state index contributed by atoms with van der Waals surface area (Å²) in [7, 11) is 0. The molecule has 2 bridgehead atoms. The smallest absolute Gasteiger partial charge is 0.262 e. The summed E-state index contributed by atoms with van der Waals surface area (Å²) in [5.74, 6) is -1.24. The van der Waals surface area contributed by atoms with Crippen LogP contribution in [0.5, 0.6) is 5.75 Å². The Morgan fingerprint density at radius 3 is 2.07 bits per heavy atom. The maximum Gasteiger partial charge on any atom is 0.262 e. The fourth-order valence-electron chi connectivity index (χ4n) is 9.86. The molecule has 0 saturated carbocycles. The maximum atomic E-state index is 13.8.